The third kappa shape index (κ3) is 4.90. The maximum Gasteiger partial charge on any atom is 0.337 e. The van der Waals surface area contributed by atoms with E-state index >= 15 is 0 Å². The number of halogens is 2. The van der Waals surface area contributed by atoms with E-state index in [4.69, 9.17) is 11.6 Å². The SMILES string of the molecule is COC(=O)c1ccc(N2C(=O)C(Cl)=C(Nc3cccc(C(=O)Nc4ccc(F)cc4)c3)C2=O)cc1. The van der Waals surface area contributed by atoms with Crippen LogP contribution in [0.4, 0.5) is 21.5 Å². The molecule has 8 nitrogen and oxygen atoms in total. The van der Waals surface area contributed by atoms with Gasteiger partial charge in [0.25, 0.3) is 17.7 Å². The van der Waals surface area contributed by atoms with E-state index in [0.717, 1.165) is 4.90 Å². The molecule has 0 aromatic heterocycles. The molecule has 0 radical (unpaired) electrons. The van der Waals surface area contributed by atoms with E-state index in [1.807, 2.05) is 0 Å². The van der Waals surface area contributed by atoms with Gasteiger partial charge in [0.2, 0.25) is 0 Å². The van der Waals surface area contributed by atoms with Crippen LogP contribution in [0.25, 0.3) is 0 Å². The fourth-order valence-electron chi connectivity index (χ4n) is 3.33. The van der Waals surface area contributed by atoms with E-state index in [2.05, 4.69) is 15.4 Å². The first-order valence-electron chi connectivity index (χ1n) is 10.2. The highest BCUT2D eigenvalue weighted by molar-refractivity contribution is 6.53. The van der Waals surface area contributed by atoms with E-state index in [-0.39, 0.29) is 27.5 Å². The molecule has 3 aromatic rings. The van der Waals surface area contributed by atoms with E-state index in [1.165, 1.54) is 61.7 Å². The molecule has 2 N–H and O–H groups in total. The number of carbonyl (C=O) groups excluding carboxylic acids is 4. The average molecular weight is 494 g/mol. The maximum atomic E-state index is 13.1. The number of hydrogen-bond acceptors (Lipinski definition) is 6. The minimum absolute atomic E-state index is 0.162. The molecule has 1 aliphatic heterocycles. The van der Waals surface area contributed by atoms with Crippen molar-refractivity contribution in [1.82, 2.24) is 0 Å². The van der Waals surface area contributed by atoms with Gasteiger partial charge in [-0.15, -0.1) is 0 Å². The quantitative estimate of drug-likeness (QED) is 0.392. The summed E-state index contributed by atoms with van der Waals surface area (Å²) in [6, 6.07) is 17.2. The van der Waals surface area contributed by atoms with E-state index in [9.17, 15) is 23.6 Å². The zero-order chi connectivity index (χ0) is 25.1. The molecule has 3 amide bonds. The average Bonchev–Trinajstić information content (AvgIpc) is 3.08. The molecular formula is C25H17ClFN3O5. The predicted octanol–water partition coefficient (Wildman–Crippen LogP) is 4.30. The van der Waals surface area contributed by atoms with Gasteiger partial charge in [-0.2, -0.15) is 0 Å². The Hall–Kier alpha value is -4.50. The van der Waals surface area contributed by atoms with Crippen LogP contribution in [-0.4, -0.2) is 30.8 Å². The standard InChI is InChI=1S/C25H17ClFN3O5/c1-35-25(34)14-5-11-19(12-6-14)30-23(32)20(26)21(24(30)33)28-18-4-2-3-15(13-18)22(31)29-17-9-7-16(27)8-10-17/h2-13,28H,1H3,(H,29,31). The predicted molar refractivity (Wildman–Crippen MR) is 128 cm³/mol. The van der Waals surface area contributed by atoms with Crippen molar-refractivity contribution in [1.29, 1.82) is 0 Å². The molecule has 0 saturated carbocycles. The van der Waals surface area contributed by atoms with Gasteiger partial charge in [-0.25, -0.2) is 14.1 Å². The first-order valence-corrected chi connectivity index (χ1v) is 10.6. The summed E-state index contributed by atoms with van der Waals surface area (Å²) in [5.74, 6) is -2.88. The lowest BCUT2D eigenvalue weighted by molar-refractivity contribution is -0.120. The summed E-state index contributed by atoms with van der Waals surface area (Å²) < 4.78 is 17.7. The number of anilines is 3. The number of rotatable bonds is 6. The molecule has 0 aliphatic carbocycles. The number of hydrogen-bond donors (Lipinski definition) is 2. The van der Waals surface area contributed by atoms with Crippen molar-refractivity contribution < 1.29 is 28.3 Å². The van der Waals surface area contributed by atoms with E-state index < -0.39 is 29.5 Å². The molecule has 0 fully saturated rings. The first kappa shape index (κ1) is 23.7. The molecule has 176 valence electrons. The highest BCUT2D eigenvalue weighted by Crippen LogP contribution is 2.30. The second-order valence-corrected chi connectivity index (χ2v) is 7.72. The van der Waals surface area contributed by atoms with Gasteiger partial charge in [-0.1, -0.05) is 17.7 Å². The summed E-state index contributed by atoms with van der Waals surface area (Å²) in [4.78, 5) is 50.7. The number of imide groups is 1. The van der Waals surface area contributed by atoms with Crippen LogP contribution in [0.5, 0.6) is 0 Å². The molecule has 0 saturated heterocycles. The molecule has 3 aromatic carbocycles. The lowest BCUT2D eigenvalue weighted by Gasteiger charge is -2.15. The summed E-state index contributed by atoms with van der Waals surface area (Å²) in [5, 5.41) is 5.12. The zero-order valence-corrected chi connectivity index (χ0v) is 18.9. The molecule has 35 heavy (non-hydrogen) atoms. The number of nitrogens with one attached hydrogen (secondary N) is 2. The molecule has 0 atom stereocenters. The van der Waals surface area contributed by atoms with Gasteiger partial charge in [-0.05, 0) is 66.7 Å². The van der Waals surface area contributed by atoms with Crippen LogP contribution in [0, 0.1) is 5.82 Å². The molecule has 0 unspecified atom stereocenters. The highest BCUT2D eigenvalue weighted by atomic mass is 35.5. The van der Waals surface area contributed by atoms with E-state index in [1.54, 1.807) is 18.2 Å². The van der Waals surface area contributed by atoms with Crippen molar-refractivity contribution in [3.05, 3.63) is 100 Å². The van der Waals surface area contributed by atoms with Gasteiger partial charge < -0.3 is 15.4 Å². The molecule has 10 heteroatoms. The number of carbonyl (C=O) groups is 4. The van der Waals surface area contributed by atoms with Gasteiger partial charge in [0.1, 0.15) is 16.5 Å². The van der Waals surface area contributed by atoms with Crippen LogP contribution in [-0.2, 0) is 14.3 Å². The number of nitrogens with zero attached hydrogens (tertiary/aromatic N) is 1. The Labute approximate surface area is 203 Å². The number of amides is 3. The smallest absolute Gasteiger partial charge is 0.337 e. The minimum atomic E-state index is -0.741. The number of ether oxygens (including phenoxy) is 1. The Morgan fingerprint density at radius 1 is 0.886 bits per heavy atom. The van der Waals surface area contributed by atoms with E-state index in [0.29, 0.717) is 11.4 Å². The van der Waals surface area contributed by atoms with Crippen molar-refractivity contribution in [3.8, 4) is 0 Å². The van der Waals surface area contributed by atoms with Crippen LogP contribution in [0.2, 0.25) is 0 Å². The second kappa shape index (κ2) is 9.78. The Balaban J connectivity index is 1.51. The fraction of sp³-hybridized carbons (Fsp3) is 0.0400. The van der Waals surface area contributed by atoms with Crippen LogP contribution in [0.15, 0.2) is 83.5 Å². The lowest BCUT2D eigenvalue weighted by atomic mass is 10.1. The van der Waals surface area contributed by atoms with Gasteiger partial charge in [-0.3, -0.25) is 14.4 Å². The van der Waals surface area contributed by atoms with Crippen molar-refractivity contribution in [3.63, 3.8) is 0 Å². The van der Waals surface area contributed by atoms with Gasteiger partial charge >= 0.3 is 5.97 Å². The van der Waals surface area contributed by atoms with Crippen LogP contribution >= 0.6 is 11.6 Å². The van der Waals surface area contributed by atoms with Crippen LogP contribution < -0.4 is 15.5 Å². The lowest BCUT2D eigenvalue weighted by Crippen LogP contribution is -2.32. The van der Waals surface area contributed by atoms with Gasteiger partial charge in [0.05, 0.1) is 18.4 Å². The topological polar surface area (TPSA) is 105 Å². The van der Waals surface area contributed by atoms with Crippen molar-refractivity contribution in [2.45, 2.75) is 0 Å². The summed E-state index contributed by atoms with van der Waals surface area (Å²) in [7, 11) is 1.24. The zero-order valence-electron chi connectivity index (χ0n) is 18.2. The summed E-state index contributed by atoms with van der Waals surface area (Å²) in [5.41, 5.74) is 1.31. The van der Waals surface area contributed by atoms with Crippen molar-refractivity contribution >= 4 is 52.4 Å². The molecule has 1 heterocycles. The minimum Gasteiger partial charge on any atom is -0.465 e. The maximum absolute atomic E-state index is 13.1. The largest absolute Gasteiger partial charge is 0.465 e. The monoisotopic (exact) mass is 493 g/mol. The summed E-state index contributed by atoms with van der Waals surface area (Å²) in [6.07, 6.45) is 0. The van der Waals surface area contributed by atoms with Crippen molar-refractivity contribution in [2.24, 2.45) is 0 Å². The van der Waals surface area contributed by atoms with Crippen LogP contribution in [0.1, 0.15) is 20.7 Å². The van der Waals surface area contributed by atoms with Crippen LogP contribution in [0.3, 0.4) is 0 Å². The fourth-order valence-corrected chi connectivity index (χ4v) is 3.54. The molecule has 0 spiro atoms. The number of benzene rings is 3. The second-order valence-electron chi connectivity index (χ2n) is 7.34. The third-order valence-corrected chi connectivity index (χ3v) is 5.42. The Kier molecular flexibility index (Phi) is 6.61. The molecule has 4 rings (SSSR count). The number of esters is 1. The summed E-state index contributed by atoms with van der Waals surface area (Å²) >= 11 is 6.17. The number of methoxy groups -OCH3 is 1. The Bertz CT molecular complexity index is 1370. The van der Waals surface area contributed by atoms with Gasteiger partial charge in [0, 0.05) is 16.9 Å². The highest BCUT2D eigenvalue weighted by Gasteiger charge is 2.39. The third-order valence-electron chi connectivity index (χ3n) is 5.07. The summed E-state index contributed by atoms with van der Waals surface area (Å²) in [6.45, 7) is 0. The molecule has 1 aliphatic rings. The molecular weight excluding hydrogens is 477 g/mol. The molecule has 0 bridgehead atoms. The Morgan fingerprint density at radius 3 is 2.23 bits per heavy atom. The first-order chi connectivity index (χ1) is 16.8. The Morgan fingerprint density at radius 2 is 1.57 bits per heavy atom. The van der Waals surface area contributed by atoms with Crippen molar-refractivity contribution in [2.75, 3.05) is 22.6 Å². The van der Waals surface area contributed by atoms with Gasteiger partial charge in [0.15, 0.2) is 0 Å². The normalized spacial score (nSPS) is 13.2.